The molecule has 0 bridgehead atoms. The van der Waals surface area contributed by atoms with Crippen LogP contribution in [0.15, 0.2) is 30.3 Å². The molecule has 1 aromatic carbocycles. The van der Waals surface area contributed by atoms with Crippen LogP contribution in [0.3, 0.4) is 0 Å². The summed E-state index contributed by atoms with van der Waals surface area (Å²) < 4.78 is 0. The number of anilines is 1. The monoisotopic (exact) mass is 248 g/mol. The van der Waals surface area contributed by atoms with Gasteiger partial charge < -0.3 is 10.4 Å². The van der Waals surface area contributed by atoms with Crippen molar-refractivity contribution in [3.63, 3.8) is 0 Å². The molecular weight excluding hydrogens is 228 g/mol. The first-order valence-corrected chi connectivity index (χ1v) is 6.36. The average molecular weight is 248 g/mol. The van der Waals surface area contributed by atoms with Crippen LogP contribution < -0.4 is 5.32 Å². The minimum atomic E-state index is -0.596. The van der Waals surface area contributed by atoms with Gasteiger partial charge in [-0.05, 0) is 25.5 Å². The van der Waals surface area contributed by atoms with Gasteiger partial charge in [-0.3, -0.25) is 9.69 Å². The number of hydrogen-bond donors (Lipinski definition) is 2. The second-order valence-electron chi connectivity index (χ2n) is 5.01. The predicted octanol–water partition coefficient (Wildman–Crippen LogP) is 1.47. The minimum Gasteiger partial charge on any atom is -0.387 e. The molecule has 1 saturated heterocycles. The van der Waals surface area contributed by atoms with Crippen LogP contribution in [0, 0.1) is 0 Å². The minimum absolute atomic E-state index is 0.0284. The first-order valence-electron chi connectivity index (χ1n) is 6.36. The molecule has 98 valence electrons. The highest BCUT2D eigenvalue weighted by Crippen LogP contribution is 2.26. The van der Waals surface area contributed by atoms with Crippen LogP contribution in [0.5, 0.6) is 0 Å². The van der Waals surface area contributed by atoms with Crippen LogP contribution in [0.1, 0.15) is 20.3 Å². The van der Waals surface area contributed by atoms with Gasteiger partial charge in [0.25, 0.3) is 0 Å². The number of carbonyl (C=O) groups is 1. The third kappa shape index (κ3) is 2.71. The fourth-order valence-electron chi connectivity index (χ4n) is 2.14. The number of nitrogens with one attached hydrogen (secondary N) is 1. The summed E-state index contributed by atoms with van der Waals surface area (Å²) in [5, 5.41) is 12.8. The summed E-state index contributed by atoms with van der Waals surface area (Å²) in [6.07, 6.45) is 0.733. The average Bonchev–Trinajstić information content (AvgIpc) is 2.35. The fraction of sp³-hybridized carbons (Fsp3) is 0.500. The van der Waals surface area contributed by atoms with Crippen molar-refractivity contribution in [2.24, 2.45) is 0 Å². The van der Waals surface area contributed by atoms with Crippen LogP contribution in [0.2, 0.25) is 0 Å². The van der Waals surface area contributed by atoms with E-state index in [1.165, 1.54) is 0 Å². The summed E-state index contributed by atoms with van der Waals surface area (Å²) >= 11 is 0. The Balaban J connectivity index is 1.87. The molecule has 1 unspecified atom stereocenters. The molecule has 18 heavy (non-hydrogen) atoms. The number of amides is 1. The summed E-state index contributed by atoms with van der Waals surface area (Å²) in [4.78, 5) is 14.0. The third-order valence-electron chi connectivity index (χ3n) is 3.62. The van der Waals surface area contributed by atoms with Crippen molar-refractivity contribution in [3.8, 4) is 0 Å². The quantitative estimate of drug-likeness (QED) is 0.848. The van der Waals surface area contributed by atoms with E-state index in [2.05, 4.69) is 5.32 Å². The van der Waals surface area contributed by atoms with Crippen molar-refractivity contribution in [2.45, 2.75) is 31.9 Å². The Morgan fingerprint density at radius 1 is 1.44 bits per heavy atom. The summed E-state index contributed by atoms with van der Waals surface area (Å²) in [6, 6.07) is 9.21. The Labute approximate surface area is 108 Å². The van der Waals surface area contributed by atoms with Crippen molar-refractivity contribution in [2.75, 3.05) is 18.4 Å². The number of likely N-dealkylation sites (tertiary alicyclic amines) is 1. The van der Waals surface area contributed by atoms with Gasteiger partial charge >= 0.3 is 0 Å². The molecule has 1 aromatic rings. The number of aliphatic hydroxyl groups is 1. The summed E-state index contributed by atoms with van der Waals surface area (Å²) in [6.45, 7) is 4.99. The Morgan fingerprint density at radius 2 is 2.06 bits per heavy atom. The number of para-hydroxylation sites is 1. The van der Waals surface area contributed by atoms with E-state index in [1.807, 2.05) is 49.1 Å². The zero-order valence-electron chi connectivity index (χ0n) is 10.9. The van der Waals surface area contributed by atoms with Gasteiger partial charge in [-0.2, -0.15) is 0 Å². The molecule has 4 nitrogen and oxygen atoms in total. The zero-order chi connectivity index (χ0) is 13.2. The van der Waals surface area contributed by atoms with Crippen LogP contribution in [0.4, 0.5) is 5.69 Å². The molecule has 1 aliphatic heterocycles. The number of benzene rings is 1. The van der Waals surface area contributed by atoms with Crippen molar-refractivity contribution >= 4 is 11.6 Å². The summed E-state index contributed by atoms with van der Waals surface area (Å²) in [5.74, 6) is -0.0284. The number of hydrogen-bond acceptors (Lipinski definition) is 3. The Hall–Kier alpha value is -1.39. The van der Waals surface area contributed by atoms with E-state index in [4.69, 9.17) is 0 Å². The molecule has 0 aromatic heterocycles. The molecule has 0 saturated carbocycles. The molecule has 1 fully saturated rings. The topological polar surface area (TPSA) is 52.6 Å². The first kappa shape index (κ1) is 13.1. The lowest BCUT2D eigenvalue weighted by Crippen LogP contribution is -2.65. The Morgan fingerprint density at radius 3 is 2.61 bits per heavy atom. The predicted molar refractivity (Wildman–Crippen MR) is 71.3 cm³/mol. The highest BCUT2D eigenvalue weighted by atomic mass is 16.3. The lowest BCUT2D eigenvalue weighted by molar-refractivity contribution is -0.138. The van der Waals surface area contributed by atoms with E-state index in [-0.39, 0.29) is 11.9 Å². The van der Waals surface area contributed by atoms with Gasteiger partial charge in [0, 0.05) is 18.8 Å². The van der Waals surface area contributed by atoms with Crippen molar-refractivity contribution in [1.82, 2.24) is 4.90 Å². The zero-order valence-corrected chi connectivity index (χ0v) is 10.9. The highest BCUT2D eigenvalue weighted by molar-refractivity contribution is 5.94. The maximum atomic E-state index is 12.0. The lowest BCUT2D eigenvalue weighted by atomic mass is 9.90. The molecule has 1 amide bonds. The van der Waals surface area contributed by atoms with Crippen molar-refractivity contribution in [3.05, 3.63) is 30.3 Å². The van der Waals surface area contributed by atoms with E-state index in [9.17, 15) is 9.90 Å². The Bertz CT molecular complexity index is 413. The van der Waals surface area contributed by atoms with Gasteiger partial charge in [0.1, 0.15) is 0 Å². The Kier molecular flexibility index (Phi) is 3.68. The number of carbonyl (C=O) groups excluding carboxylic acids is 1. The van der Waals surface area contributed by atoms with Gasteiger partial charge in [0.2, 0.25) is 5.91 Å². The molecular formula is C14H20N2O2. The van der Waals surface area contributed by atoms with E-state index in [1.54, 1.807) is 0 Å². The van der Waals surface area contributed by atoms with Gasteiger partial charge in [-0.25, -0.2) is 0 Å². The summed E-state index contributed by atoms with van der Waals surface area (Å²) in [5.41, 5.74) is 0.210. The van der Waals surface area contributed by atoms with Crippen LogP contribution in [0.25, 0.3) is 0 Å². The van der Waals surface area contributed by atoms with Crippen LogP contribution in [-0.2, 0) is 4.79 Å². The normalized spacial score (nSPS) is 19.9. The second-order valence-corrected chi connectivity index (χ2v) is 5.01. The van der Waals surface area contributed by atoms with E-state index in [0.717, 1.165) is 12.1 Å². The molecule has 1 aliphatic rings. The molecule has 0 spiro atoms. The molecule has 0 radical (unpaired) electrons. The van der Waals surface area contributed by atoms with Gasteiger partial charge in [0.15, 0.2) is 0 Å². The van der Waals surface area contributed by atoms with E-state index >= 15 is 0 Å². The smallest absolute Gasteiger partial charge is 0.241 e. The first-order chi connectivity index (χ1) is 8.54. The standard InChI is InChI=1S/C14H20N2O2/c1-3-14(18)9-16(10-14)11(2)13(17)15-12-7-5-4-6-8-12/h4-8,11,18H,3,9-10H2,1-2H3,(H,15,17). The molecule has 1 heterocycles. The largest absolute Gasteiger partial charge is 0.387 e. The van der Waals surface area contributed by atoms with Gasteiger partial charge in [0.05, 0.1) is 11.6 Å². The van der Waals surface area contributed by atoms with Crippen LogP contribution >= 0.6 is 0 Å². The lowest BCUT2D eigenvalue weighted by Gasteiger charge is -2.48. The number of β-amino-alcohol motifs (C(OH)–C–C–N with tert-alkyl or cyclic N) is 1. The maximum absolute atomic E-state index is 12.0. The maximum Gasteiger partial charge on any atom is 0.241 e. The third-order valence-corrected chi connectivity index (χ3v) is 3.62. The molecule has 4 heteroatoms. The van der Waals surface area contributed by atoms with Crippen LogP contribution in [-0.4, -0.2) is 40.6 Å². The molecule has 0 aliphatic carbocycles. The molecule has 1 atom stereocenters. The number of rotatable bonds is 4. The number of nitrogens with zero attached hydrogens (tertiary/aromatic N) is 1. The van der Waals surface area contributed by atoms with E-state index < -0.39 is 5.60 Å². The SMILES string of the molecule is CCC1(O)CN(C(C)C(=O)Nc2ccccc2)C1. The molecule has 2 rings (SSSR count). The van der Waals surface area contributed by atoms with Gasteiger partial charge in [-0.15, -0.1) is 0 Å². The second kappa shape index (κ2) is 5.08. The summed E-state index contributed by atoms with van der Waals surface area (Å²) in [7, 11) is 0. The van der Waals surface area contributed by atoms with Crippen molar-refractivity contribution < 1.29 is 9.90 Å². The van der Waals surface area contributed by atoms with E-state index in [0.29, 0.717) is 13.1 Å². The highest BCUT2D eigenvalue weighted by Gasteiger charge is 2.43. The fourth-order valence-corrected chi connectivity index (χ4v) is 2.14. The van der Waals surface area contributed by atoms with Crippen molar-refractivity contribution in [1.29, 1.82) is 0 Å². The molecule has 2 N–H and O–H groups in total. The van der Waals surface area contributed by atoms with Gasteiger partial charge in [-0.1, -0.05) is 25.1 Å².